The van der Waals surface area contributed by atoms with E-state index < -0.39 is 25.7 Å². The van der Waals surface area contributed by atoms with Gasteiger partial charge in [0.05, 0.1) is 10.6 Å². The summed E-state index contributed by atoms with van der Waals surface area (Å²) in [5, 5.41) is -0.123. The van der Waals surface area contributed by atoms with E-state index in [-0.39, 0.29) is 10.6 Å². The number of carbonyl (C=O) groups excluding carboxylic acids is 1. The normalized spacial score (nSPS) is 16.2. The number of likely N-dealkylation sites (tertiary alicyclic amines) is 1. The van der Waals surface area contributed by atoms with Crippen molar-refractivity contribution in [2.45, 2.75) is 24.2 Å². The van der Waals surface area contributed by atoms with Gasteiger partial charge in [0, 0.05) is 23.8 Å². The van der Waals surface area contributed by atoms with Gasteiger partial charge in [-0.3, -0.25) is 4.79 Å². The topological polar surface area (TPSA) is 54.5 Å². The smallest absolute Gasteiger partial charge is 0.264 e. The minimum Gasteiger partial charge on any atom is -0.339 e. The molecule has 110 valence electrons. The molecule has 0 atom stereocenters. The lowest BCUT2D eigenvalue weighted by atomic mass is 10.1. The molecule has 1 aliphatic rings. The molecule has 0 aliphatic carbocycles. The van der Waals surface area contributed by atoms with Crippen LogP contribution in [0.3, 0.4) is 0 Å². The first-order valence-electron chi connectivity index (χ1n) is 6.03. The summed E-state index contributed by atoms with van der Waals surface area (Å²) in [7, 11) is 0.874. The molecule has 0 unspecified atom stereocenters. The highest BCUT2D eigenvalue weighted by molar-refractivity contribution is 8.13. The van der Waals surface area contributed by atoms with Gasteiger partial charge in [-0.2, -0.15) is 0 Å². The van der Waals surface area contributed by atoms with Crippen LogP contribution in [0.15, 0.2) is 17.0 Å². The molecule has 1 heterocycles. The minimum absolute atomic E-state index is 0.0470. The minimum atomic E-state index is -4.27. The molecule has 0 aromatic heterocycles. The molecule has 2 rings (SSSR count). The third-order valence-corrected chi connectivity index (χ3v) is 4.81. The van der Waals surface area contributed by atoms with Crippen LogP contribution in [-0.4, -0.2) is 32.3 Å². The van der Waals surface area contributed by atoms with Gasteiger partial charge in [0.2, 0.25) is 0 Å². The second kappa shape index (κ2) is 5.87. The lowest BCUT2D eigenvalue weighted by molar-refractivity contribution is 0.0724. The number of piperidine rings is 1. The van der Waals surface area contributed by atoms with E-state index in [1.165, 1.54) is 0 Å². The van der Waals surface area contributed by atoms with Crippen LogP contribution < -0.4 is 0 Å². The second-order valence-corrected chi connectivity index (χ2v) is 7.49. The summed E-state index contributed by atoms with van der Waals surface area (Å²) in [6, 6.07) is 1.70. The Hall–Kier alpha value is -0.850. The number of rotatable bonds is 2. The van der Waals surface area contributed by atoms with Crippen molar-refractivity contribution in [1.29, 1.82) is 0 Å². The van der Waals surface area contributed by atoms with Crippen LogP contribution >= 0.6 is 22.3 Å². The second-order valence-electron chi connectivity index (χ2n) is 4.55. The molecule has 0 bridgehead atoms. The molecule has 1 saturated heterocycles. The van der Waals surface area contributed by atoms with Gasteiger partial charge in [-0.05, 0) is 31.4 Å². The predicted octanol–water partition coefficient (Wildman–Crippen LogP) is 3.03. The Morgan fingerprint density at radius 1 is 1.20 bits per heavy atom. The molecule has 1 aromatic carbocycles. The van der Waals surface area contributed by atoms with E-state index in [2.05, 4.69) is 0 Å². The molecule has 1 amide bonds. The molecule has 20 heavy (non-hydrogen) atoms. The number of carbonyl (C=O) groups is 1. The molecule has 0 spiro atoms. The molecule has 0 N–H and O–H groups in total. The maximum Gasteiger partial charge on any atom is 0.264 e. The summed E-state index contributed by atoms with van der Waals surface area (Å²) in [6.07, 6.45) is 2.80. The number of benzene rings is 1. The number of hydrogen-bond acceptors (Lipinski definition) is 3. The first-order chi connectivity index (χ1) is 9.30. The number of amides is 1. The van der Waals surface area contributed by atoms with E-state index in [4.69, 9.17) is 22.3 Å². The molecular weight excluding hydrogens is 328 g/mol. The van der Waals surface area contributed by atoms with E-state index in [0.717, 1.165) is 31.4 Å². The van der Waals surface area contributed by atoms with Gasteiger partial charge in [-0.1, -0.05) is 11.6 Å². The monoisotopic (exact) mass is 339 g/mol. The van der Waals surface area contributed by atoms with Gasteiger partial charge in [0.15, 0.2) is 0 Å². The molecule has 1 aromatic rings. The van der Waals surface area contributed by atoms with Gasteiger partial charge in [-0.15, -0.1) is 0 Å². The highest BCUT2D eigenvalue weighted by Crippen LogP contribution is 2.27. The number of hydrogen-bond donors (Lipinski definition) is 0. The van der Waals surface area contributed by atoms with Crippen molar-refractivity contribution in [3.63, 3.8) is 0 Å². The maximum atomic E-state index is 13.6. The Morgan fingerprint density at radius 3 is 2.35 bits per heavy atom. The molecule has 1 fully saturated rings. The van der Waals surface area contributed by atoms with Gasteiger partial charge >= 0.3 is 0 Å². The van der Waals surface area contributed by atoms with Gasteiger partial charge < -0.3 is 4.90 Å². The maximum absolute atomic E-state index is 13.6. The Labute approximate surface area is 125 Å². The van der Waals surface area contributed by atoms with Crippen LogP contribution in [0.1, 0.15) is 29.6 Å². The van der Waals surface area contributed by atoms with Crippen molar-refractivity contribution < 1.29 is 17.6 Å². The fourth-order valence-corrected chi connectivity index (χ4v) is 3.28. The zero-order valence-electron chi connectivity index (χ0n) is 10.4. The first-order valence-corrected chi connectivity index (χ1v) is 8.72. The van der Waals surface area contributed by atoms with Crippen LogP contribution in [-0.2, 0) is 9.05 Å². The Bertz CT molecular complexity index is 642. The molecule has 1 aliphatic heterocycles. The van der Waals surface area contributed by atoms with E-state index in [1.54, 1.807) is 4.90 Å². The van der Waals surface area contributed by atoms with Crippen LogP contribution in [0.4, 0.5) is 4.39 Å². The largest absolute Gasteiger partial charge is 0.339 e. The average Bonchev–Trinajstić information content (AvgIpc) is 2.37. The Morgan fingerprint density at radius 2 is 1.80 bits per heavy atom. The summed E-state index contributed by atoms with van der Waals surface area (Å²) >= 11 is 5.84. The van der Waals surface area contributed by atoms with Crippen molar-refractivity contribution in [2.24, 2.45) is 0 Å². The highest BCUT2D eigenvalue weighted by Gasteiger charge is 2.25. The summed E-state index contributed by atoms with van der Waals surface area (Å²) in [5.41, 5.74) is -0.0470. The summed E-state index contributed by atoms with van der Waals surface area (Å²) in [5.74, 6) is -1.48. The van der Waals surface area contributed by atoms with E-state index in [0.29, 0.717) is 13.1 Å². The van der Waals surface area contributed by atoms with E-state index >= 15 is 0 Å². The van der Waals surface area contributed by atoms with Crippen molar-refractivity contribution in [2.75, 3.05) is 13.1 Å². The summed E-state index contributed by atoms with van der Waals surface area (Å²) in [6.45, 7) is 1.16. The Balaban J connectivity index is 2.43. The van der Waals surface area contributed by atoms with Crippen LogP contribution in [0.5, 0.6) is 0 Å². The van der Waals surface area contributed by atoms with Crippen LogP contribution in [0, 0.1) is 5.82 Å². The quantitative estimate of drug-likeness (QED) is 0.778. The molecule has 0 saturated carbocycles. The van der Waals surface area contributed by atoms with Crippen molar-refractivity contribution in [3.8, 4) is 0 Å². The lowest BCUT2D eigenvalue weighted by Crippen LogP contribution is -2.35. The fraction of sp³-hybridized carbons (Fsp3) is 0.417. The fourth-order valence-electron chi connectivity index (χ4n) is 2.15. The van der Waals surface area contributed by atoms with Crippen LogP contribution in [0.25, 0.3) is 0 Å². The van der Waals surface area contributed by atoms with Crippen molar-refractivity contribution >= 4 is 37.2 Å². The number of halogens is 3. The molecular formula is C12H12Cl2FNO3S. The summed E-state index contributed by atoms with van der Waals surface area (Å²) in [4.78, 5) is 13.1. The van der Waals surface area contributed by atoms with Crippen LogP contribution in [0.2, 0.25) is 5.02 Å². The molecule has 4 nitrogen and oxygen atoms in total. The zero-order chi connectivity index (χ0) is 14.9. The highest BCUT2D eigenvalue weighted by atomic mass is 35.7. The van der Waals surface area contributed by atoms with Crippen molar-refractivity contribution in [3.05, 3.63) is 28.5 Å². The van der Waals surface area contributed by atoms with E-state index in [9.17, 15) is 17.6 Å². The third kappa shape index (κ3) is 3.24. The van der Waals surface area contributed by atoms with Gasteiger partial charge in [0.25, 0.3) is 15.0 Å². The number of nitrogens with zero attached hydrogens (tertiary/aromatic N) is 1. The first kappa shape index (κ1) is 15.5. The van der Waals surface area contributed by atoms with E-state index in [1.807, 2.05) is 0 Å². The SMILES string of the molecule is O=C(c1cc(S(=O)(=O)Cl)c(F)cc1Cl)N1CCCCC1. The van der Waals surface area contributed by atoms with Gasteiger partial charge in [-0.25, -0.2) is 12.8 Å². The summed E-state index contributed by atoms with van der Waals surface area (Å²) < 4.78 is 36.1. The third-order valence-electron chi connectivity index (χ3n) is 3.16. The molecule has 0 radical (unpaired) electrons. The average molecular weight is 340 g/mol. The predicted molar refractivity (Wildman–Crippen MR) is 74.2 cm³/mol. The zero-order valence-corrected chi connectivity index (χ0v) is 12.7. The Kier molecular flexibility index (Phi) is 4.56. The van der Waals surface area contributed by atoms with Crippen molar-refractivity contribution in [1.82, 2.24) is 4.90 Å². The standard InChI is InChI=1S/C12H12Cl2FNO3S/c13-9-7-10(15)11(20(14,18)19)6-8(9)12(17)16-4-2-1-3-5-16/h6-7H,1-5H2. The lowest BCUT2D eigenvalue weighted by Gasteiger charge is -2.27. The van der Waals surface area contributed by atoms with Gasteiger partial charge in [0.1, 0.15) is 10.7 Å². The molecule has 8 heteroatoms.